The molecule has 2 rings (SSSR count). The van der Waals surface area contributed by atoms with Gasteiger partial charge in [0.05, 0.1) is 49.7 Å². The zero-order chi connectivity index (χ0) is 26.4. The molecule has 11 nitrogen and oxygen atoms in total. The van der Waals surface area contributed by atoms with Crippen molar-refractivity contribution in [2.24, 2.45) is 5.73 Å². The number of aliphatic carboxylic acids is 2. The van der Waals surface area contributed by atoms with E-state index in [1.54, 1.807) is 31.2 Å². The second-order valence-electron chi connectivity index (χ2n) is 6.65. The van der Waals surface area contributed by atoms with Crippen molar-refractivity contribution in [3.8, 4) is 0 Å². The van der Waals surface area contributed by atoms with Crippen LogP contribution < -0.4 is 11.1 Å². The molecule has 5 N–H and O–H groups in total. The van der Waals surface area contributed by atoms with Crippen LogP contribution in [0.2, 0.25) is 5.02 Å². The summed E-state index contributed by atoms with van der Waals surface area (Å²) >= 11 is 6.37. The summed E-state index contributed by atoms with van der Waals surface area (Å²) in [7, 11) is 1.28. The number of hydrogen-bond donors (Lipinski definition) is 4. The van der Waals surface area contributed by atoms with Crippen molar-refractivity contribution < 1.29 is 43.6 Å². The van der Waals surface area contributed by atoms with Crippen molar-refractivity contribution in [1.82, 2.24) is 5.32 Å². The van der Waals surface area contributed by atoms with Crippen LogP contribution in [0.5, 0.6) is 0 Å². The second-order valence-corrected chi connectivity index (χ2v) is 7.06. The normalized spacial score (nSPS) is 14.9. The zero-order valence-electron chi connectivity index (χ0n) is 19.2. The van der Waals surface area contributed by atoms with Crippen LogP contribution in [0, 0.1) is 0 Å². The van der Waals surface area contributed by atoms with E-state index in [0.29, 0.717) is 41.6 Å². The van der Waals surface area contributed by atoms with E-state index in [0.717, 1.165) is 0 Å². The highest BCUT2D eigenvalue weighted by Gasteiger charge is 2.37. The molecule has 35 heavy (non-hydrogen) atoms. The molecular formula is C23H27ClN2O9. The molecule has 190 valence electrons. The minimum absolute atomic E-state index is 0.108. The number of rotatable bonds is 10. The minimum atomic E-state index is -1.26. The Morgan fingerprint density at radius 1 is 1.11 bits per heavy atom. The van der Waals surface area contributed by atoms with Gasteiger partial charge in [0, 0.05) is 29.9 Å². The Morgan fingerprint density at radius 2 is 1.74 bits per heavy atom. The molecule has 0 bridgehead atoms. The van der Waals surface area contributed by atoms with Crippen LogP contribution in [0.25, 0.3) is 0 Å². The van der Waals surface area contributed by atoms with Gasteiger partial charge in [0.25, 0.3) is 0 Å². The number of nitrogens with one attached hydrogen (secondary N) is 1. The molecule has 1 atom stereocenters. The Kier molecular flexibility index (Phi) is 12.8. The van der Waals surface area contributed by atoms with E-state index >= 15 is 0 Å². The molecule has 0 aliphatic carbocycles. The Labute approximate surface area is 206 Å². The van der Waals surface area contributed by atoms with E-state index in [1.807, 2.05) is 0 Å². The Hall–Kier alpha value is -3.67. The first-order valence-electron chi connectivity index (χ1n) is 10.3. The van der Waals surface area contributed by atoms with Gasteiger partial charge in [-0.1, -0.05) is 29.8 Å². The largest absolute Gasteiger partial charge is 0.478 e. The van der Waals surface area contributed by atoms with Crippen LogP contribution in [0.15, 0.2) is 59.5 Å². The molecule has 0 radical (unpaired) electrons. The summed E-state index contributed by atoms with van der Waals surface area (Å²) < 4.78 is 15.6. The number of ether oxygens (including phenoxy) is 3. The lowest BCUT2D eigenvalue weighted by atomic mass is 9.82. The fourth-order valence-electron chi connectivity index (χ4n) is 2.95. The molecule has 1 heterocycles. The van der Waals surface area contributed by atoms with E-state index in [2.05, 4.69) is 5.32 Å². The van der Waals surface area contributed by atoms with Crippen LogP contribution in [0.4, 0.5) is 0 Å². The average Bonchev–Trinajstić information content (AvgIpc) is 2.83. The van der Waals surface area contributed by atoms with Crippen molar-refractivity contribution in [3.63, 3.8) is 0 Å². The van der Waals surface area contributed by atoms with Crippen molar-refractivity contribution >= 4 is 35.5 Å². The van der Waals surface area contributed by atoms with Gasteiger partial charge < -0.3 is 35.5 Å². The van der Waals surface area contributed by atoms with Gasteiger partial charge in [-0.05, 0) is 18.6 Å². The number of benzene rings is 1. The van der Waals surface area contributed by atoms with Crippen LogP contribution in [0.3, 0.4) is 0 Å². The third kappa shape index (κ3) is 9.24. The van der Waals surface area contributed by atoms with E-state index in [9.17, 15) is 19.2 Å². The maximum atomic E-state index is 12.8. The molecular weight excluding hydrogens is 484 g/mol. The second kappa shape index (κ2) is 15.3. The monoisotopic (exact) mass is 510 g/mol. The van der Waals surface area contributed by atoms with Crippen LogP contribution in [-0.4, -0.2) is 67.6 Å². The minimum Gasteiger partial charge on any atom is -0.478 e. The number of hydrogen-bond acceptors (Lipinski definition) is 9. The quantitative estimate of drug-likeness (QED) is 0.204. The number of carbonyl (C=O) groups excluding carboxylic acids is 2. The summed E-state index contributed by atoms with van der Waals surface area (Å²) in [6.45, 7) is 2.68. The summed E-state index contributed by atoms with van der Waals surface area (Å²) in [4.78, 5) is 44.2. The highest BCUT2D eigenvalue weighted by molar-refractivity contribution is 6.31. The maximum Gasteiger partial charge on any atom is 0.336 e. The summed E-state index contributed by atoms with van der Waals surface area (Å²) in [5.74, 6) is -4.39. The molecule has 0 saturated carbocycles. The number of esters is 2. The fraction of sp³-hybridized carbons (Fsp3) is 0.304. The molecule has 1 aliphatic rings. The van der Waals surface area contributed by atoms with Crippen molar-refractivity contribution in [2.75, 3.05) is 33.5 Å². The molecule has 0 saturated heterocycles. The Bertz CT molecular complexity index is 1000. The van der Waals surface area contributed by atoms with Gasteiger partial charge in [-0.25, -0.2) is 19.2 Å². The number of methoxy groups -OCH3 is 1. The van der Waals surface area contributed by atoms with Gasteiger partial charge in [0.1, 0.15) is 0 Å². The Morgan fingerprint density at radius 3 is 2.26 bits per heavy atom. The van der Waals surface area contributed by atoms with E-state index < -0.39 is 29.8 Å². The van der Waals surface area contributed by atoms with Crippen LogP contribution in [0.1, 0.15) is 18.4 Å². The van der Waals surface area contributed by atoms with E-state index in [4.69, 9.17) is 41.8 Å². The van der Waals surface area contributed by atoms with Crippen LogP contribution in [-0.2, 0) is 33.4 Å². The number of carboxylic acid groups (broad SMARTS) is 2. The lowest BCUT2D eigenvalue weighted by molar-refractivity contribution is -0.139. The molecule has 0 unspecified atom stereocenters. The molecule has 12 heteroatoms. The van der Waals surface area contributed by atoms with Gasteiger partial charge in [0.2, 0.25) is 0 Å². The lowest BCUT2D eigenvalue weighted by Gasteiger charge is -2.29. The third-order valence-corrected chi connectivity index (χ3v) is 4.68. The van der Waals surface area contributed by atoms with E-state index in [1.165, 1.54) is 13.3 Å². The molecule has 1 aromatic rings. The topological polar surface area (TPSA) is 174 Å². The number of halogens is 1. The van der Waals surface area contributed by atoms with Crippen LogP contribution >= 0.6 is 11.6 Å². The van der Waals surface area contributed by atoms with Crippen molar-refractivity contribution in [1.29, 1.82) is 0 Å². The molecule has 0 spiro atoms. The molecule has 1 aliphatic heterocycles. The first-order chi connectivity index (χ1) is 16.7. The molecule has 0 aromatic heterocycles. The highest BCUT2D eigenvalue weighted by atomic mass is 35.5. The van der Waals surface area contributed by atoms with Crippen molar-refractivity contribution in [2.45, 2.75) is 12.8 Å². The predicted octanol–water partition coefficient (Wildman–Crippen LogP) is 1.59. The molecule has 1 aromatic carbocycles. The number of nitrogens with two attached hydrogens (primary N) is 1. The Balaban J connectivity index is 0.000000658. The number of dihydropyridines is 1. The maximum absolute atomic E-state index is 12.8. The summed E-state index contributed by atoms with van der Waals surface area (Å²) in [6, 6.07) is 7.01. The van der Waals surface area contributed by atoms with Crippen molar-refractivity contribution in [3.05, 3.63) is 70.0 Å². The molecule has 0 fully saturated rings. The molecule has 0 amide bonds. The number of carbonyl (C=O) groups is 4. The van der Waals surface area contributed by atoms with Gasteiger partial charge >= 0.3 is 23.9 Å². The summed E-state index contributed by atoms with van der Waals surface area (Å²) in [6.07, 6.45) is 2.62. The number of carboxylic acids is 2. The van der Waals surface area contributed by atoms with E-state index in [-0.39, 0.29) is 24.4 Å². The average molecular weight is 511 g/mol. The van der Waals surface area contributed by atoms with Gasteiger partial charge in [-0.15, -0.1) is 0 Å². The predicted molar refractivity (Wildman–Crippen MR) is 125 cm³/mol. The lowest BCUT2D eigenvalue weighted by Crippen LogP contribution is -2.32. The summed E-state index contributed by atoms with van der Waals surface area (Å²) in [5, 5.41) is 19.0. The third-order valence-electron chi connectivity index (χ3n) is 4.34. The van der Waals surface area contributed by atoms with Gasteiger partial charge in [-0.2, -0.15) is 0 Å². The zero-order valence-corrected chi connectivity index (χ0v) is 19.9. The highest BCUT2D eigenvalue weighted by Crippen LogP contribution is 2.40. The summed E-state index contributed by atoms with van der Waals surface area (Å²) in [5.41, 5.74) is 7.04. The fourth-order valence-corrected chi connectivity index (χ4v) is 3.20. The van der Waals surface area contributed by atoms with Gasteiger partial charge in [0.15, 0.2) is 0 Å². The van der Waals surface area contributed by atoms with Gasteiger partial charge in [-0.3, -0.25) is 0 Å². The first kappa shape index (κ1) is 29.4. The SMILES string of the molecule is CCOC(=O)C1=C(COCCN)NC=C(C(=O)OC)[C@H]1c1ccccc1Cl.O=C(O)/C=C\C(=O)O. The standard InChI is InChI=1S/C19H23ClN2O5.C4H4O4/c1-3-27-19(24)17-15(11-26-9-8-21)22-10-13(18(23)25-2)16(17)12-6-4-5-7-14(12)20;5-3(6)1-2-4(7)8/h4-7,10,16,22H,3,8-9,11,21H2,1-2H3;1-2H,(H,5,6)(H,7,8)/b;2-1-/t16-;/m1./s1. The smallest absolute Gasteiger partial charge is 0.336 e. The first-order valence-corrected chi connectivity index (χ1v) is 10.7.